The summed E-state index contributed by atoms with van der Waals surface area (Å²) in [4.78, 5) is 39.9. The number of ether oxygens (including phenoxy) is 2. The molecule has 0 spiro atoms. The Labute approximate surface area is 164 Å². The van der Waals surface area contributed by atoms with E-state index < -0.39 is 12.0 Å². The van der Waals surface area contributed by atoms with Crippen molar-refractivity contribution in [3.8, 4) is 5.75 Å². The molecular formula is C20H26N2O6. The van der Waals surface area contributed by atoms with Gasteiger partial charge in [-0.3, -0.25) is 14.4 Å². The summed E-state index contributed by atoms with van der Waals surface area (Å²) in [5.41, 5.74) is 0. The highest BCUT2D eigenvalue weighted by molar-refractivity contribution is 5.82. The number of rotatable bonds is 6. The first-order valence-corrected chi connectivity index (χ1v) is 9.60. The maximum atomic E-state index is 13.0. The van der Waals surface area contributed by atoms with Gasteiger partial charge in [0.1, 0.15) is 5.75 Å². The van der Waals surface area contributed by atoms with Crippen LogP contribution in [0.4, 0.5) is 0 Å². The standard InChI is InChI=1S/C20H26N2O6/c23-18(14-28-17-6-2-1-3-7-17)21-8-4-5-15(12-21)20(26)22-9-10-27-13-16(22)11-19(24)25/h1-3,6-7,15-16H,4-5,8-14H2,(H,24,25). The van der Waals surface area contributed by atoms with Crippen molar-refractivity contribution >= 4 is 17.8 Å². The summed E-state index contributed by atoms with van der Waals surface area (Å²) < 4.78 is 10.9. The van der Waals surface area contributed by atoms with Crippen LogP contribution in [0.25, 0.3) is 0 Å². The number of nitrogens with zero attached hydrogens (tertiary/aromatic N) is 2. The molecule has 0 saturated carbocycles. The van der Waals surface area contributed by atoms with Crippen LogP contribution in [0.3, 0.4) is 0 Å². The minimum Gasteiger partial charge on any atom is -0.484 e. The van der Waals surface area contributed by atoms with Crippen molar-refractivity contribution in [2.24, 2.45) is 5.92 Å². The molecule has 2 unspecified atom stereocenters. The Kier molecular flexibility index (Phi) is 6.86. The number of hydrogen-bond donors (Lipinski definition) is 1. The third kappa shape index (κ3) is 5.22. The molecule has 0 bridgehead atoms. The van der Waals surface area contributed by atoms with Gasteiger partial charge in [0.05, 0.1) is 31.6 Å². The van der Waals surface area contributed by atoms with Crippen LogP contribution in [0, 0.1) is 5.92 Å². The van der Waals surface area contributed by atoms with Crippen molar-refractivity contribution in [1.82, 2.24) is 9.80 Å². The van der Waals surface area contributed by atoms with E-state index in [4.69, 9.17) is 14.6 Å². The van der Waals surface area contributed by atoms with Crippen LogP contribution in [0.2, 0.25) is 0 Å². The van der Waals surface area contributed by atoms with Gasteiger partial charge in [-0.1, -0.05) is 18.2 Å². The molecule has 1 aromatic carbocycles. The predicted octanol–water partition coefficient (Wildman–Crippen LogP) is 1.01. The summed E-state index contributed by atoms with van der Waals surface area (Å²) in [5.74, 6) is -0.873. The second kappa shape index (κ2) is 9.54. The highest BCUT2D eigenvalue weighted by atomic mass is 16.5. The molecule has 2 aliphatic rings. The Hall–Kier alpha value is -2.61. The number of morpholine rings is 1. The second-order valence-corrected chi connectivity index (χ2v) is 7.14. The molecule has 0 radical (unpaired) electrons. The van der Waals surface area contributed by atoms with Crippen molar-refractivity contribution in [3.05, 3.63) is 30.3 Å². The summed E-state index contributed by atoms with van der Waals surface area (Å²) in [6.07, 6.45) is 1.30. The van der Waals surface area contributed by atoms with Crippen molar-refractivity contribution in [1.29, 1.82) is 0 Å². The molecule has 1 aromatic rings. The van der Waals surface area contributed by atoms with Crippen LogP contribution in [0.1, 0.15) is 19.3 Å². The Balaban J connectivity index is 1.56. The molecule has 2 heterocycles. The van der Waals surface area contributed by atoms with Crippen molar-refractivity contribution in [2.45, 2.75) is 25.3 Å². The Morgan fingerprint density at radius 3 is 2.71 bits per heavy atom. The van der Waals surface area contributed by atoms with Gasteiger partial charge >= 0.3 is 5.97 Å². The maximum Gasteiger partial charge on any atom is 0.305 e. The quantitative estimate of drug-likeness (QED) is 0.779. The normalized spacial score (nSPS) is 22.6. The molecular weight excluding hydrogens is 364 g/mol. The molecule has 8 heteroatoms. The number of aliphatic carboxylic acids is 1. The van der Waals surface area contributed by atoms with E-state index in [1.54, 1.807) is 21.9 Å². The van der Waals surface area contributed by atoms with E-state index in [9.17, 15) is 14.4 Å². The molecule has 2 aliphatic heterocycles. The molecule has 3 rings (SSSR count). The van der Waals surface area contributed by atoms with Gasteiger partial charge in [-0.25, -0.2) is 0 Å². The molecule has 28 heavy (non-hydrogen) atoms. The number of piperidine rings is 1. The minimum absolute atomic E-state index is 0.0654. The smallest absolute Gasteiger partial charge is 0.305 e. The largest absolute Gasteiger partial charge is 0.484 e. The monoisotopic (exact) mass is 390 g/mol. The zero-order chi connectivity index (χ0) is 19.9. The van der Waals surface area contributed by atoms with E-state index in [1.165, 1.54) is 0 Å². The van der Waals surface area contributed by atoms with E-state index >= 15 is 0 Å². The summed E-state index contributed by atoms with van der Waals surface area (Å²) in [5, 5.41) is 9.08. The van der Waals surface area contributed by atoms with Gasteiger partial charge < -0.3 is 24.4 Å². The van der Waals surface area contributed by atoms with Crippen LogP contribution in [0.5, 0.6) is 5.75 Å². The molecule has 8 nitrogen and oxygen atoms in total. The minimum atomic E-state index is -0.952. The Morgan fingerprint density at radius 2 is 1.96 bits per heavy atom. The number of hydrogen-bond acceptors (Lipinski definition) is 5. The van der Waals surface area contributed by atoms with Gasteiger partial charge in [0.2, 0.25) is 5.91 Å². The lowest BCUT2D eigenvalue weighted by Gasteiger charge is -2.39. The van der Waals surface area contributed by atoms with Crippen LogP contribution in [-0.2, 0) is 19.1 Å². The highest BCUT2D eigenvalue weighted by Crippen LogP contribution is 2.22. The zero-order valence-electron chi connectivity index (χ0n) is 15.8. The van der Waals surface area contributed by atoms with Gasteiger partial charge in [-0.2, -0.15) is 0 Å². The van der Waals surface area contributed by atoms with Gasteiger partial charge in [0.15, 0.2) is 6.61 Å². The molecule has 2 saturated heterocycles. The number of benzene rings is 1. The van der Waals surface area contributed by atoms with Crippen LogP contribution >= 0.6 is 0 Å². The first-order valence-electron chi connectivity index (χ1n) is 9.60. The Bertz CT molecular complexity index is 695. The van der Waals surface area contributed by atoms with E-state index in [1.807, 2.05) is 18.2 Å². The lowest BCUT2D eigenvalue weighted by atomic mass is 9.95. The van der Waals surface area contributed by atoms with Crippen molar-refractivity contribution < 1.29 is 29.0 Å². The summed E-state index contributed by atoms with van der Waals surface area (Å²) in [7, 11) is 0. The molecule has 0 aromatic heterocycles. The number of likely N-dealkylation sites (tertiary alicyclic amines) is 1. The highest BCUT2D eigenvalue weighted by Gasteiger charge is 2.36. The fourth-order valence-corrected chi connectivity index (χ4v) is 3.71. The zero-order valence-corrected chi connectivity index (χ0v) is 15.8. The average molecular weight is 390 g/mol. The van der Waals surface area contributed by atoms with Gasteiger partial charge in [-0.05, 0) is 25.0 Å². The van der Waals surface area contributed by atoms with Gasteiger partial charge in [-0.15, -0.1) is 0 Å². The van der Waals surface area contributed by atoms with Crippen LogP contribution in [-0.4, -0.2) is 78.2 Å². The number of carboxylic acids is 1. The molecule has 1 N–H and O–H groups in total. The van der Waals surface area contributed by atoms with Crippen molar-refractivity contribution in [2.75, 3.05) is 39.5 Å². The van der Waals surface area contributed by atoms with Gasteiger partial charge in [0, 0.05) is 19.6 Å². The van der Waals surface area contributed by atoms with Crippen molar-refractivity contribution in [3.63, 3.8) is 0 Å². The fourth-order valence-electron chi connectivity index (χ4n) is 3.71. The molecule has 2 atom stereocenters. The lowest BCUT2D eigenvalue weighted by Crippen LogP contribution is -2.54. The topological polar surface area (TPSA) is 96.4 Å². The van der Waals surface area contributed by atoms with E-state index in [0.29, 0.717) is 38.4 Å². The van der Waals surface area contributed by atoms with Crippen LogP contribution < -0.4 is 4.74 Å². The maximum absolute atomic E-state index is 13.0. The third-order valence-corrected chi connectivity index (χ3v) is 5.15. The third-order valence-electron chi connectivity index (χ3n) is 5.15. The first kappa shape index (κ1) is 20.1. The van der Waals surface area contributed by atoms with E-state index in [0.717, 1.165) is 6.42 Å². The summed E-state index contributed by atoms with van der Waals surface area (Å²) >= 11 is 0. The molecule has 2 fully saturated rings. The number of carbonyl (C=O) groups excluding carboxylic acids is 2. The van der Waals surface area contributed by atoms with Crippen LogP contribution in [0.15, 0.2) is 30.3 Å². The number of carbonyl (C=O) groups is 3. The molecule has 2 amide bonds. The number of carboxylic acid groups (broad SMARTS) is 1. The summed E-state index contributed by atoms with van der Waals surface area (Å²) in [6.45, 7) is 1.90. The fraction of sp³-hybridized carbons (Fsp3) is 0.550. The SMILES string of the molecule is O=C(O)CC1COCCN1C(=O)C1CCCN(C(=O)COc2ccccc2)C1. The first-order chi connectivity index (χ1) is 13.5. The molecule has 152 valence electrons. The number of para-hydroxylation sites is 1. The van der Waals surface area contributed by atoms with Gasteiger partial charge in [0.25, 0.3) is 5.91 Å². The lowest BCUT2D eigenvalue weighted by molar-refractivity contribution is -0.151. The number of amides is 2. The predicted molar refractivity (Wildman–Crippen MR) is 99.8 cm³/mol. The summed E-state index contributed by atoms with van der Waals surface area (Å²) in [6, 6.07) is 8.68. The Morgan fingerprint density at radius 1 is 1.18 bits per heavy atom. The second-order valence-electron chi connectivity index (χ2n) is 7.14. The van der Waals surface area contributed by atoms with E-state index in [-0.39, 0.29) is 37.4 Å². The average Bonchev–Trinajstić information content (AvgIpc) is 2.72. The van der Waals surface area contributed by atoms with E-state index in [2.05, 4.69) is 0 Å². The molecule has 0 aliphatic carbocycles.